The van der Waals surface area contributed by atoms with Crippen LogP contribution < -0.4 is 5.32 Å². The van der Waals surface area contributed by atoms with Crippen LogP contribution in [0.4, 0.5) is 0 Å². The number of likely N-dealkylation sites (tertiary alicyclic amines) is 1. The molecule has 0 saturated carbocycles. The maximum atomic E-state index is 11.8. The maximum absolute atomic E-state index is 11.8. The molecule has 6 heteroatoms. The summed E-state index contributed by atoms with van der Waals surface area (Å²) in [5.74, 6) is 2.86. The third-order valence-electron chi connectivity index (χ3n) is 4.75. The van der Waals surface area contributed by atoms with E-state index in [0.29, 0.717) is 19.0 Å². The minimum Gasteiger partial charge on any atom is -0.355 e. The van der Waals surface area contributed by atoms with E-state index in [1.54, 1.807) is 0 Å². The Hall–Kier alpha value is -1.43. The number of aromatic nitrogens is 3. The van der Waals surface area contributed by atoms with Gasteiger partial charge in [0.2, 0.25) is 5.91 Å². The zero-order valence-corrected chi connectivity index (χ0v) is 13.6. The van der Waals surface area contributed by atoms with Gasteiger partial charge in [-0.25, -0.2) is 0 Å². The molecule has 3 rings (SSSR count). The van der Waals surface area contributed by atoms with E-state index in [0.717, 1.165) is 50.5 Å². The molecular formula is C16H27N5O. The smallest absolute Gasteiger partial charge is 0.234 e. The van der Waals surface area contributed by atoms with E-state index in [1.807, 2.05) is 6.92 Å². The Morgan fingerprint density at radius 2 is 2.14 bits per heavy atom. The van der Waals surface area contributed by atoms with E-state index in [9.17, 15) is 4.79 Å². The number of fused-ring (bicyclic) bond motifs is 1. The molecule has 22 heavy (non-hydrogen) atoms. The van der Waals surface area contributed by atoms with Crippen LogP contribution in [0.25, 0.3) is 0 Å². The van der Waals surface area contributed by atoms with Crippen molar-refractivity contribution in [3.05, 3.63) is 11.6 Å². The largest absolute Gasteiger partial charge is 0.355 e. The Morgan fingerprint density at radius 3 is 3.00 bits per heavy atom. The first-order valence-corrected chi connectivity index (χ1v) is 8.69. The topological polar surface area (TPSA) is 63.1 Å². The van der Waals surface area contributed by atoms with Crippen molar-refractivity contribution in [1.82, 2.24) is 25.0 Å². The molecule has 1 N–H and O–H groups in total. The van der Waals surface area contributed by atoms with E-state index in [-0.39, 0.29) is 5.91 Å². The molecule has 2 aliphatic rings. The van der Waals surface area contributed by atoms with Gasteiger partial charge in [0.15, 0.2) is 0 Å². The third-order valence-corrected chi connectivity index (χ3v) is 4.75. The first-order valence-electron chi connectivity index (χ1n) is 8.69. The van der Waals surface area contributed by atoms with Crippen molar-refractivity contribution in [2.75, 3.05) is 26.2 Å². The van der Waals surface area contributed by atoms with E-state index in [1.165, 1.54) is 19.3 Å². The van der Waals surface area contributed by atoms with Gasteiger partial charge >= 0.3 is 0 Å². The van der Waals surface area contributed by atoms with Crippen molar-refractivity contribution < 1.29 is 4.79 Å². The van der Waals surface area contributed by atoms with Gasteiger partial charge in [-0.2, -0.15) is 0 Å². The molecule has 0 spiro atoms. The molecule has 0 radical (unpaired) electrons. The summed E-state index contributed by atoms with van der Waals surface area (Å²) < 4.78 is 2.35. The fraction of sp³-hybridized carbons (Fsp3) is 0.812. The van der Waals surface area contributed by atoms with Gasteiger partial charge in [0.1, 0.15) is 11.6 Å². The number of amides is 1. The predicted molar refractivity (Wildman–Crippen MR) is 84.7 cm³/mol. The number of carbonyl (C=O) groups is 1. The molecule has 0 unspecified atom stereocenters. The Kier molecular flexibility index (Phi) is 5.08. The van der Waals surface area contributed by atoms with Crippen LogP contribution in [0.15, 0.2) is 0 Å². The highest BCUT2D eigenvalue weighted by Crippen LogP contribution is 2.27. The maximum Gasteiger partial charge on any atom is 0.234 e. The number of aryl methyl sites for hydroxylation is 1. The zero-order chi connectivity index (χ0) is 15.4. The standard InChI is InChI=1S/C16H27N5O/c1-2-17-15(22)12-20-9-6-7-13(11-20)16-19-18-14-8-4-3-5-10-21(14)16/h13H,2-12H2,1H3,(H,17,22)/t13-/m0/s1. The van der Waals surface area contributed by atoms with Crippen molar-refractivity contribution >= 4 is 5.91 Å². The summed E-state index contributed by atoms with van der Waals surface area (Å²) in [6.45, 7) is 6.16. The van der Waals surface area contributed by atoms with Crippen molar-refractivity contribution in [3.8, 4) is 0 Å². The predicted octanol–water partition coefficient (Wildman–Crippen LogP) is 1.32. The van der Waals surface area contributed by atoms with Crippen molar-refractivity contribution in [2.24, 2.45) is 0 Å². The van der Waals surface area contributed by atoms with Crippen molar-refractivity contribution in [1.29, 1.82) is 0 Å². The number of nitrogens with one attached hydrogen (secondary N) is 1. The molecule has 1 fully saturated rings. The number of likely N-dealkylation sites (N-methyl/N-ethyl adjacent to an activating group) is 1. The van der Waals surface area contributed by atoms with Crippen LogP contribution in [0.1, 0.15) is 56.6 Å². The Labute approximate surface area is 132 Å². The normalized spacial score (nSPS) is 22.9. The van der Waals surface area contributed by atoms with Gasteiger partial charge in [-0.05, 0) is 39.2 Å². The van der Waals surface area contributed by atoms with Crippen molar-refractivity contribution in [3.63, 3.8) is 0 Å². The summed E-state index contributed by atoms with van der Waals surface area (Å²) in [5.41, 5.74) is 0. The number of hydrogen-bond donors (Lipinski definition) is 1. The molecule has 3 heterocycles. The minimum absolute atomic E-state index is 0.128. The van der Waals surface area contributed by atoms with Crippen molar-refractivity contribution in [2.45, 2.75) is 57.9 Å². The molecule has 0 aromatic carbocycles. The van der Waals surface area contributed by atoms with Gasteiger partial charge in [0.05, 0.1) is 6.54 Å². The number of piperidine rings is 1. The van der Waals surface area contributed by atoms with Crippen LogP contribution in [0.5, 0.6) is 0 Å². The second kappa shape index (κ2) is 7.22. The van der Waals surface area contributed by atoms with Crippen LogP contribution in [0, 0.1) is 0 Å². The third kappa shape index (κ3) is 3.48. The average Bonchev–Trinajstić information content (AvgIpc) is 2.76. The number of nitrogens with zero attached hydrogens (tertiary/aromatic N) is 4. The average molecular weight is 305 g/mol. The van der Waals surface area contributed by atoms with Gasteiger partial charge in [-0.1, -0.05) is 6.42 Å². The molecule has 0 aliphatic carbocycles. The first-order chi connectivity index (χ1) is 10.8. The second-order valence-corrected chi connectivity index (χ2v) is 6.46. The summed E-state index contributed by atoms with van der Waals surface area (Å²) in [6, 6.07) is 0. The summed E-state index contributed by atoms with van der Waals surface area (Å²) in [5, 5.41) is 11.8. The van der Waals surface area contributed by atoms with Crippen LogP contribution in [0.2, 0.25) is 0 Å². The second-order valence-electron chi connectivity index (χ2n) is 6.46. The van der Waals surface area contributed by atoms with Crippen LogP contribution in [-0.2, 0) is 17.8 Å². The zero-order valence-electron chi connectivity index (χ0n) is 13.6. The van der Waals surface area contributed by atoms with Gasteiger partial charge in [-0.3, -0.25) is 9.69 Å². The molecule has 2 aliphatic heterocycles. The van der Waals surface area contributed by atoms with Crippen LogP contribution >= 0.6 is 0 Å². The summed E-state index contributed by atoms with van der Waals surface area (Å²) >= 11 is 0. The number of rotatable bonds is 4. The number of carbonyl (C=O) groups excluding carboxylic acids is 1. The first kappa shape index (κ1) is 15.5. The fourth-order valence-electron chi connectivity index (χ4n) is 3.68. The minimum atomic E-state index is 0.128. The molecule has 6 nitrogen and oxygen atoms in total. The highest BCUT2D eigenvalue weighted by molar-refractivity contribution is 5.77. The molecular weight excluding hydrogens is 278 g/mol. The Morgan fingerprint density at radius 1 is 1.23 bits per heavy atom. The molecule has 1 saturated heterocycles. The molecule has 122 valence electrons. The van der Waals surface area contributed by atoms with Gasteiger partial charge < -0.3 is 9.88 Å². The highest BCUT2D eigenvalue weighted by atomic mass is 16.2. The quantitative estimate of drug-likeness (QED) is 0.911. The van der Waals surface area contributed by atoms with E-state index >= 15 is 0 Å². The van der Waals surface area contributed by atoms with Crippen LogP contribution in [-0.4, -0.2) is 51.8 Å². The lowest BCUT2D eigenvalue weighted by Gasteiger charge is -2.31. The van der Waals surface area contributed by atoms with E-state index in [4.69, 9.17) is 0 Å². The SMILES string of the molecule is CCNC(=O)CN1CCC[C@H](c2nnc3n2CCCCC3)C1. The van der Waals surface area contributed by atoms with E-state index < -0.39 is 0 Å². The summed E-state index contributed by atoms with van der Waals surface area (Å²) in [6.07, 6.45) is 7.09. The Bertz CT molecular complexity index is 513. The number of hydrogen-bond acceptors (Lipinski definition) is 4. The molecule has 1 atom stereocenters. The van der Waals surface area contributed by atoms with Gasteiger partial charge in [0.25, 0.3) is 0 Å². The lowest BCUT2D eigenvalue weighted by atomic mass is 9.97. The van der Waals surface area contributed by atoms with Crippen LogP contribution in [0.3, 0.4) is 0 Å². The fourth-order valence-corrected chi connectivity index (χ4v) is 3.68. The molecule has 1 aromatic heterocycles. The lowest BCUT2D eigenvalue weighted by molar-refractivity contribution is -0.122. The van der Waals surface area contributed by atoms with E-state index in [2.05, 4.69) is 25.0 Å². The lowest BCUT2D eigenvalue weighted by Crippen LogP contribution is -2.42. The summed E-state index contributed by atoms with van der Waals surface area (Å²) in [7, 11) is 0. The van der Waals surface area contributed by atoms with Gasteiger partial charge in [-0.15, -0.1) is 10.2 Å². The molecule has 1 amide bonds. The van der Waals surface area contributed by atoms with Gasteiger partial charge in [0, 0.05) is 32.0 Å². The monoisotopic (exact) mass is 305 g/mol. The molecule has 1 aromatic rings. The highest BCUT2D eigenvalue weighted by Gasteiger charge is 2.28. The summed E-state index contributed by atoms with van der Waals surface area (Å²) in [4.78, 5) is 14.1. The molecule has 0 bridgehead atoms. The Balaban J connectivity index is 1.67.